The van der Waals surface area contributed by atoms with Crippen LogP contribution in [0.5, 0.6) is 0 Å². The van der Waals surface area contributed by atoms with Crippen LogP contribution in [0.15, 0.2) is 0 Å². The van der Waals surface area contributed by atoms with Gasteiger partial charge in [-0.25, -0.2) is 4.68 Å². The second-order valence-electron chi connectivity index (χ2n) is 4.83. The predicted molar refractivity (Wildman–Crippen MR) is 68.2 cm³/mol. The van der Waals surface area contributed by atoms with Gasteiger partial charge in [-0.05, 0) is 36.1 Å². The van der Waals surface area contributed by atoms with Gasteiger partial charge in [0.2, 0.25) is 0 Å². The van der Waals surface area contributed by atoms with Gasteiger partial charge in [-0.1, -0.05) is 25.7 Å². The van der Waals surface area contributed by atoms with Crippen LogP contribution in [0.2, 0.25) is 0 Å². The van der Waals surface area contributed by atoms with Crippen LogP contribution < -0.4 is 0 Å². The van der Waals surface area contributed by atoms with Crippen molar-refractivity contribution >= 4 is 11.6 Å². The lowest BCUT2D eigenvalue weighted by Gasteiger charge is -2.22. The van der Waals surface area contributed by atoms with E-state index in [0.29, 0.717) is 6.04 Å². The second-order valence-corrected chi connectivity index (χ2v) is 5.21. The Morgan fingerprint density at radius 3 is 2.71 bits per heavy atom. The summed E-state index contributed by atoms with van der Waals surface area (Å²) < 4.78 is 2.07. The summed E-state index contributed by atoms with van der Waals surface area (Å²) in [5, 5.41) is 12.2. The number of alkyl halides is 1. The van der Waals surface area contributed by atoms with E-state index in [1.807, 2.05) is 0 Å². The van der Waals surface area contributed by atoms with Crippen LogP contribution in [0.3, 0.4) is 0 Å². The lowest BCUT2D eigenvalue weighted by atomic mass is 9.95. The molecule has 0 unspecified atom stereocenters. The van der Waals surface area contributed by atoms with Crippen LogP contribution in [0.4, 0.5) is 0 Å². The standard InChI is InChI=1S/C12H21ClN4/c13-10-6-2-5-9-12-14-15-16-17(12)11-7-3-1-4-8-11/h11H,1-10H2. The Morgan fingerprint density at radius 2 is 1.94 bits per heavy atom. The number of hydrogen-bond acceptors (Lipinski definition) is 3. The molecule has 1 saturated carbocycles. The fourth-order valence-electron chi connectivity index (χ4n) is 2.54. The molecule has 0 N–H and O–H groups in total. The van der Waals surface area contributed by atoms with Gasteiger partial charge < -0.3 is 0 Å². The Labute approximate surface area is 108 Å². The van der Waals surface area contributed by atoms with Crippen LogP contribution >= 0.6 is 11.6 Å². The van der Waals surface area contributed by atoms with Crippen molar-refractivity contribution < 1.29 is 0 Å². The van der Waals surface area contributed by atoms with Crippen molar-refractivity contribution in [2.75, 3.05) is 5.88 Å². The van der Waals surface area contributed by atoms with E-state index in [4.69, 9.17) is 11.6 Å². The van der Waals surface area contributed by atoms with E-state index in [0.717, 1.165) is 31.0 Å². The number of tetrazole rings is 1. The highest BCUT2D eigenvalue weighted by atomic mass is 35.5. The van der Waals surface area contributed by atoms with Crippen molar-refractivity contribution in [3.05, 3.63) is 5.82 Å². The zero-order chi connectivity index (χ0) is 11.9. The number of aromatic nitrogens is 4. The SMILES string of the molecule is ClCCCCCc1nnnn1C1CCCCC1. The van der Waals surface area contributed by atoms with Crippen molar-refractivity contribution in [1.82, 2.24) is 20.2 Å². The molecule has 1 heterocycles. The molecular weight excluding hydrogens is 236 g/mol. The van der Waals surface area contributed by atoms with Gasteiger partial charge in [0.25, 0.3) is 0 Å². The molecule has 1 fully saturated rings. The molecular formula is C12H21ClN4. The number of aryl methyl sites for hydroxylation is 1. The quantitative estimate of drug-likeness (QED) is 0.580. The summed E-state index contributed by atoms with van der Waals surface area (Å²) in [5.41, 5.74) is 0. The Hall–Kier alpha value is -0.640. The van der Waals surface area contributed by atoms with Crippen LogP contribution in [0, 0.1) is 0 Å². The Morgan fingerprint density at radius 1 is 1.12 bits per heavy atom. The van der Waals surface area contributed by atoms with Crippen LogP contribution in [-0.4, -0.2) is 26.1 Å². The molecule has 0 radical (unpaired) electrons. The minimum Gasteiger partial charge on any atom is -0.227 e. The van der Waals surface area contributed by atoms with Crippen molar-refractivity contribution in [2.24, 2.45) is 0 Å². The average Bonchev–Trinajstić information content (AvgIpc) is 2.84. The number of rotatable bonds is 6. The second kappa shape index (κ2) is 6.94. The van der Waals surface area contributed by atoms with E-state index in [1.165, 1.54) is 38.5 Å². The Kier molecular flexibility index (Phi) is 5.23. The predicted octanol–water partition coefficient (Wildman–Crippen LogP) is 3.13. The van der Waals surface area contributed by atoms with E-state index in [9.17, 15) is 0 Å². The van der Waals surface area contributed by atoms with Crippen molar-refractivity contribution in [2.45, 2.75) is 63.8 Å². The van der Waals surface area contributed by atoms with Gasteiger partial charge in [0, 0.05) is 12.3 Å². The molecule has 0 atom stereocenters. The zero-order valence-electron chi connectivity index (χ0n) is 10.3. The van der Waals surface area contributed by atoms with Gasteiger partial charge in [-0.3, -0.25) is 0 Å². The first-order valence-corrected chi connectivity index (χ1v) is 7.28. The first kappa shape index (κ1) is 12.8. The molecule has 4 nitrogen and oxygen atoms in total. The molecule has 1 aromatic heterocycles. The van der Waals surface area contributed by atoms with Crippen molar-refractivity contribution in [1.29, 1.82) is 0 Å². The molecule has 1 aromatic rings. The number of hydrogen-bond donors (Lipinski definition) is 0. The zero-order valence-corrected chi connectivity index (χ0v) is 11.1. The highest BCUT2D eigenvalue weighted by Gasteiger charge is 2.19. The smallest absolute Gasteiger partial charge is 0.151 e. The molecule has 0 aromatic carbocycles. The fraction of sp³-hybridized carbons (Fsp3) is 0.917. The summed E-state index contributed by atoms with van der Waals surface area (Å²) in [7, 11) is 0. The first-order valence-electron chi connectivity index (χ1n) is 6.74. The van der Waals surface area contributed by atoms with Crippen LogP contribution in [0.1, 0.15) is 63.2 Å². The van der Waals surface area contributed by atoms with E-state index >= 15 is 0 Å². The topological polar surface area (TPSA) is 43.6 Å². The van der Waals surface area contributed by atoms with Crippen LogP contribution in [-0.2, 0) is 6.42 Å². The largest absolute Gasteiger partial charge is 0.227 e. The van der Waals surface area contributed by atoms with Gasteiger partial charge in [0.15, 0.2) is 5.82 Å². The molecule has 96 valence electrons. The first-order chi connectivity index (χ1) is 8.42. The molecule has 0 amide bonds. The number of halogens is 1. The summed E-state index contributed by atoms with van der Waals surface area (Å²) >= 11 is 5.67. The maximum Gasteiger partial charge on any atom is 0.151 e. The van der Waals surface area contributed by atoms with Gasteiger partial charge in [-0.15, -0.1) is 16.7 Å². The van der Waals surface area contributed by atoms with Crippen molar-refractivity contribution in [3.8, 4) is 0 Å². The maximum atomic E-state index is 5.67. The summed E-state index contributed by atoms with van der Waals surface area (Å²) in [6, 6.07) is 0.543. The van der Waals surface area contributed by atoms with E-state index in [1.54, 1.807) is 0 Å². The minimum atomic E-state index is 0.543. The minimum absolute atomic E-state index is 0.543. The monoisotopic (exact) mass is 256 g/mol. The number of nitrogens with zero attached hydrogens (tertiary/aromatic N) is 4. The average molecular weight is 257 g/mol. The third kappa shape index (κ3) is 3.66. The summed E-state index contributed by atoms with van der Waals surface area (Å²) in [6.45, 7) is 0. The molecule has 0 spiro atoms. The maximum absolute atomic E-state index is 5.67. The van der Waals surface area contributed by atoms with Crippen molar-refractivity contribution in [3.63, 3.8) is 0 Å². The Balaban J connectivity index is 1.87. The molecule has 1 aliphatic carbocycles. The summed E-state index contributed by atoms with van der Waals surface area (Å²) in [4.78, 5) is 0. The molecule has 17 heavy (non-hydrogen) atoms. The highest BCUT2D eigenvalue weighted by molar-refractivity contribution is 6.17. The molecule has 1 aliphatic rings. The lowest BCUT2D eigenvalue weighted by molar-refractivity contribution is 0.316. The summed E-state index contributed by atoms with van der Waals surface area (Å²) in [5.74, 6) is 1.82. The third-order valence-electron chi connectivity index (χ3n) is 3.52. The van der Waals surface area contributed by atoms with Gasteiger partial charge in [0.1, 0.15) is 0 Å². The summed E-state index contributed by atoms with van der Waals surface area (Å²) in [6.07, 6.45) is 10.9. The van der Waals surface area contributed by atoms with Crippen LogP contribution in [0.25, 0.3) is 0 Å². The number of unbranched alkanes of at least 4 members (excludes halogenated alkanes) is 2. The molecule has 2 rings (SSSR count). The lowest BCUT2D eigenvalue weighted by Crippen LogP contribution is -2.17. The van der Waals surface area contributed by atoms with Gasteiger partial charge >= 0.3 is 0 Å². The van der Waals surface area contributed by atoms with Gasteiger partial charge in [-0.2, -0.15) is 0 Å². The van der Waals surface area contributed by atoms with Gasteiger partial charge in [0.05, 0.1) is 6.04 Å². The molecule has 5 heteroatoms. The molecule has 0 bridgehead atoms. The van der Waals surface area contributed by atoms with E-state index < -0.39 is 0 Å². The normalized spacial score (nSPS) is 17.5. The molecule has 0 saturated heterocycles. The highest BCUT2D eigenvalue weighted by Crippen LogP contribution is 2.28. The fourth-order valence-corrected chi connectivity index (χ4v) is 2.73. The van der Waals surface area contributed by atoms with E-state index in [-0.39, 0.29) is 0 Å². The third-order valence-corrected chi connectivity index (χ3v) is 3.78. The Bertz CT molecular complexity index is 320. The van der Waals surface area contributed by atoms with E-state index in [2.05, 4.69) is 20.2 Å². The molecule has 0 aliphatic heterocycles.